The van der Waals surface area contributed by atoms with Crippen molar-refractivity contribution in [2.24, 2.45) is 5.92 Å². The zero-order valence-electron chi connectivity index (χ0n) is 28.6. The third kappa shape index (κ3) is 9.52. The van der Waals surface area contributed by atoms with E-state index in [0.717, 1.165) is 0 Å². The second-order valence-electron chi connectivity index (χ2n) is 14.3. The topological polar surface area (TPSA) is 181 Å². The summed E-state index contributed by atoms with van der Waals surface area (Å²) in [5, 5.41) is 4.74. The molecule has 4 atom stereocenters. The molecule has 0 aromatic heterocycles. The van der Waals surface area contributed by atoms with Gasteiger partial charge in [0.2, 0.25) is 27.7 Å². The Kier molecular flexibility index (Phi) is 11.4. The van der Waals surface area contributed by atoms with Crippen molar-refractivity contribution in [3.05, 3.63) is 47.3 Å². The Morgan fingerprint density at radius 2 is 1.80 bits per heavy atom. The van der Waals surface area contributed by atoms with Crippen LogP contribution in [0.3, 0.4) is 0 Å². The van der Waals surface area contributed by atoms with Crippen LogP contribution < -0.4 is 15.4 Å². The minimum Gasteiger partial charge on any atom is -0.444 e. The molecule has 1 aromatic rings. The number of sulfonamides is 1. The predicted molar refractivity (Wildman–Crippen MR) is 178 cm³/mol. The molecule has 5 rings (SSSR count). The Morgan fingerprint density at radius 3 is 2.50 bits per heavy atom. The molecule has 0 spiro atoms. The van der Waals surface area contributed by atoms with E-state index in [2.05, 4.69) is 15.4 Å². The number of allylic oxidation sites excluding steroid dienone is 1. The van der Waals surface area contributed by atoms with Gasteiger partial charge in [-0.25, -0.2) is 22.4 Å². The first kappa shape index (κ1) is 37.1. The van der Waals surface area contributed by atoms with Crippen molar-refractivity contribution in [1.29, 1.82) is 0 Å². The second kappa shape index (κ2) is 15.4. The number of carbonyl (C=O) groups excluding carboxylic acids is 5. The zero-order valence-corrected chi connectivity index (χ0v) is 29.4. The average molecular weight is 720 g/mol. The lowest BCUT2D eigenvalue weighted by Gasteiger charge is -2.29. The maximum atomic E-state index is 14.3. The number of carbonyl (C=O) groups is 5. The summed E-state index contributed by atoms with van der Waals surface area (Å²) in [6.45, 7) is 4.83. The number of fused-ring (bicyclic) bond motifs is 2. The van der Waals surface area contributed by atoms with Gasteiger partial charge in [0.1, 0.15) is 29.6 Å². The maximum absolute atomic E-state index is 14.3. The highest BCUT2D eigenvalue weighted by atomic mass is 32.2. The van der Waals surface area contributed by atoms with Crippen LogP contribution >= 0.6 is 0 Å². The molecule has 1 aliphatic carbocycles. The molecule has 2 fully saturated rings. The number of rotatable bonds is 5. The van der Waals surface area contributed by atoms with Crippen LogP contribution in [0.25, 0.3) is 0 Å². The number of amides is 5. The van der Waals surface area contributed by atoms with Gasteiger partial charge in [0.25, 0.3) is 0 Å². The molecular formula is C34H46FN5O9S. The van der Waals surface area contributed by atoms with E-state index in [0.29, 0.717) is 49.7 Å². The minimum atomic E-state index is -3.83. The standard InChI is InChI=1S/C34H46FN5O9S/c1-34(2,3)49-32(44)37-27-13-8-6-4-5-7-10-21(29(41)38-50(46,47)24-14-15-24)17-36-30(42)28-16-23(19-40(28)31(27)43)48-33(45)39-18-22-11-9-12-26(35)25(22)20-39/h7,9-12,21,23-24,27-28H,4-6,8,13-20H2,1-3H3,(H,36,42)(H,37,44)(H,38,41)/b10-7-/t21-,23-,27+,28+/m1/s1. The summed E-state index contributed by atoms with van der Waals surface area (Å²) in [6.07, 6.45) is 4.49. The van der Waals surface area contributed by atoms with Crippen LogP contribution in [-0.4, -0.2) is 90.3 Å². The number of hydrogen-bond donors (Lipinski definition) is 3. The molecule has 14 nitrogen and oxygen atoms in total. The van der Waals surface area contributed by atoms with Crippen molar-refractivity contribution in [1.82, 2.24) is 25.2 Å². The van der Waals surface area contributed by atoms with Crippen molar-refractivity contribution in [3.63, 3.8) is 0 Å². The highest BCUT2D eigenvalue weighted by Crippen LogP contribution is 2.29. The lowest BCUT2D eigenvalue weighted by Crippen LogP contribution is -2.54. The molecule has 1 saturated carbocycles. The molecule has 3 heterocycles. The van der Waals surface area contributed by atoms with Crippen molar-refractivity contribution >= 4 is 39.9 Å². The Labute approximate surface area is 291 Å². The van der Waals surface area contributed by atoms with Gasteiger partial charge in [-0.2, -0.15) is 0 Å². The van der Waals surface area contributed by atoms with Crippen LogP contribution in [0.1, 0.15) is 83.3 Å². The first-order valence-corrected chi connectivity index (χ1v) is 18.7. The SMILES string of the molecule is CC(C)(C)OC(=O)N[C@H]1CCCCC/C=C\[C@@H](C(=O)NS(=O)(=O)C2CC2)CNC(=O)[C@@H]2C[C@@H](OC(=O)N3Cc4cccc(F)c4C3)CN2C1=O. The summed E-state index contributed by atoms with van der Waals surface area (Å²) in [5.41, 5.74) is 0.226. The normalized spacial score (nSPS) is 25.7. The number of alkyl carbamates (subject to hydrolysis) is 1. The smallest absolute Gasteiger partial charge is 0.410 e. The molecule has 4 aliphatic rings. The zero-order chi connectivity index (χ0) is 36.2. The molecule has 1 saturated heterocycles. The van der Waals surface area contributed by atoms with Crippen LogP contribution in [0.2, 0.25) is 0 Å². The Hall–Kier alpha value is -4.21. The van der Waals surface area contributed by atoms with Gasteiger partial charge in [-0.05, 0) is 64.5 Å². The monoisotopic (exact) mass is 719 g/mol. The van der Waals surface area contributed by atoms with E-state index in [9.17, 15) is 36.8 Å². The molecule has 0 bridgehead atoms. The van der Waals surface area contributed by atoms with Gasteiger partial charge in [0.05, 0.1) is 24.3 Å². The number of hydrogen-bond acceptors (Lipinski definition) is 9. The van der Waals surface area contributed by atoms with E-state index in [-0.39, 0.29) is 39.0 Å². The molecule has 5 amide bonds. The van der Waals surface area contributed by atoms with Crippen LogP contribution in [0, 0.1) is 11.7 Å². The quantitative estimate of drug-likeness (QED) is 0.386. The second-order valence-corrected chi connectivity index (χ2v) is 16.3. The van der Waals surface area contributed by atoms with Crippen molar-refractivity contribution in [2.75, 3.05) is 13.1 Å². The van der Waals surface area contributed by atoms with E-state index in [1.165, 1.54) is 15.9 Å². The molecule has 50 heavy (non-hydrogen) atoms. The molecule has 3 N–H and O–H groups in total. The molecule has 1 aromatic carbocycles. The summed E-state index contributed by atoms with van der Waals surface area (Å²) < 4.78 is 52.6. The van der Waals surface area contributed by atoms with Crippen molar-refractivity contribution < 1.29 is 46.3 Å². The summed E-state index contributed by atoms with van der Waals surface area (Å²) >= 11 is 0. The fourth-order valence-corrected chi connectivity index (χ4v) is 7.67. The Balaban J connectivity index is 1.34. The van der Waals surface area contributed by atoms with E-state index in [1.54, 1.807) is 45.1 Å². The fourth-order valence-electron chi connectivity index (χ4n) is 6.31. The maximum Gasteiger partial charge on any atom is 0.410 e. The number of halogens is 1. The highest BCUT2D eigenvalue weighted by molar-refractivity contribution is 7.90. The molecule has 0 radical (unpaired) electrons. The van der Waals surface area contributed by atoms with E-state index in [1.807, 2.05) is 0 Å². The van der Waals surface area contributed by atoms with Gasteiger partial charge in [-0.1, -0.05) is 37.1 Å². The lowest BCUT2D eigenvalue weighted by molar-refractivity contribution is -0.140. The highest BCUT2D eigenvalue weighted by Gasteiger charge is 2.45. The summed E-state index contributed by atoms with van der Waals surface area (Å²) in [5.74, 6) is -3.41. The third-order valence-electron chi connectivity index (χ3n) is 9.06. The van der Waals surface area contributed by atoms with Crippen molar-refractivity contribution in [2.45, 2.75) is 114 Å². The van der Waals surface area contributed by atoms with Gasteiger partial charge in [-0.15, -0.1) is 0 Å². The average Bonchev–Trinajstić information content (AvgIpc) is 3.68. The molecule has 274 valence electrons. The largest absolute Gasteiger partial charge is 0.444 e. The van der Waals surface area contributed by atoms with E-state index < -0.39 is 80.7 Å². The van der Waals surface area contributed by atoms with Crippen molar-refractivity contribution in [3.8, 4) is 0 Å². The van der Waals surface area contributed by atoms with Gasteiger partial charge in [0.15, 0.2) is 0 Å². The summed E-state index contributed by atoms with van der Waals surface area (Å²) in [6, 6.07) is 2.41. The molecule has 0 unspecified atom stereocenters. The van der Waals surface area contributed by atoms with E-state index in [4.69, 9.17) is 9.47 Å². The minimum absolute atomic E-state index is 0.00936. The van der Waals surface area contributed by atoms with Gasteiger partial charge < -0.3 is 25.0 Å². The summed E-state index contributed by atoms with van der Waals surface area (Å²) in [4.78, 5) is 69.6. The van der Waals surface area contributed by atoms with Crippen LogP contribution in [0.4, 0.5) is 14.0 Å². The molecular weight excluding hydrogens is 673 g/mol. The third-order valence-corrected chi connectivity index (χ3v) is 10.9. The fraction of sp³-hybridized carbons (Fsp3) is 0.618. The first-order valence-electron chi connectivity index (χ1n) is 17.1. The molecule has 16 heteroatoms. The number of ether oxygens (including phenoxy) is 2. The Morgan fingerprint density at radius 1 is 1.04 bits per heavy atom. The number of nitrogens with zero attached hydrogens (tertiary/aromatic N) is 2. The van der Waals surface area contributed by atoms with Gasteiger partial charge in [-0.3, -0.25) is 24.0 Å². The van der Waals surface area contributed by atoms with Gasteiger partial charge in [0, 0.05) is 25.1 Å². The number of benzene rings is 1. The molecule has 3 aliphatic heterocycles. The van der Waals surface area contributed by atoms with Gasteiger partial charge >= 0.3 is 12.2 Å². The lowest BCUT2D eigenvalue weighted by atomic mass is 10.0. The Bertz CT molecular complexity index is 1620. The number of nitrogens with one attached hydrogen (secondary N) is 3. The summed E-state index contributed by atoms with van der Waals surface area (Å²) in [7, 11) is -3.83. The van der Waals surface area contributed by atoms with Crippen LogP contribution in [-0.2, 0) is 47.0 Å². The van der Waals surface area contributed by atoms with Crippen LogP contribution in [0.5, 0.6) is 0 Å². The first-order chi connectivity index (χ1) is 23.6. The van der Waals surface area contributed by atoms with Crippen LogP contribution in [0.15, 0.2) is 30.4 Å². The predicted octanol–water partition coefficient (Wildman–Crippen LogP) is 3.00. The van der Waals surface area contributed by atoms with E-state index >= 15 is 0 Å².